The molecular formula is C30H26ClF2N5O3. The third kappa shape index (κ3) is 5.74. The van der Waals surface area contributed by atoms with Gasteiger partial charge in [-0.05, 0) is 54.4 Å². The van der Waals surface area contributed by atoms with Crippen molar-refractivity contribution < 1.29 is 23.0 Å². The molecule has 0 atom stereocenters. The van der Waals surface area contributed by atoms with E-state index in [1.807, 2.05) is 60.3 Å². The number of imidazole rings is 1. The highest BCUT2D eigenvalue weighted by molar-refractivity contribution is 6.30. The Labute approximate surface area is 239 Å². The highest BCUT2D eigenvalue weighted by Gasteiger charge is 2.22. The van der Waals surface area contributed by atoms with Gasteiger partial charge in [0.25, 0.3) is 0 Å². The zero-order valence-electron chi connectivity index (χ0n) is 22.1. The predicted octanol–water partition coefficient (Wildman–Crippen LogP) is 6.45. The minimum Gasteiger partial charge on any atom is -0.486 e. The molecule has 210 valence electrons. The van der Waals surface area contributed by atoms with Gasteiger partial charge in [0.1, 0.15) is 23.9 Å². The van der Waals surface area contributed by atoms with Crippen molar-refractivity contribution in [3.63, 3.8) is 0 Å². The van der Waals surface area contributed by atoms with Gasteiger partial charge in [-0.2, -0.15) is 13.9 Å². The van der Waals surface area contributed by atoms with E-state index in [2.05, 4.69) is 5.10 Å². The van der Waals surface area contributed by atoms with E-state index in [1.165, 1.54) is 12.1 Å². The summed E-state index contributed by atoms with van der Waals surface area (Å²) in [6.07, 6.45) is 5.05. The lowest BCUT2D eigenvalue weighted by Gasteiger charge is -2.17. The molecule has 0 N–H and O–H groups in total. The molecule has 11 heteroatoms. The number of benzene rings is 3. The zero-order valence-corrected chi connectivity index (χ0v) is 22.9. The third-order valence-electron chi connectivity index (χ3n) is 7.00. The van der Waals surface area contributed by atoms with E-state index in [0.29, 0.717) is 40.6 Å². The lowest BCUT2D eigenvalue weighted by Crippen LogP contribution is -2.23. The van der Waals surface area contributed by atoms with E-state index in [0.717, 1.165) is 28.8 Å². The molecule has 1 amide bonds. The zero-order chi connectivity index (χ0) is 28.5. The van der Waals surface area contributed by atoms with Crippen molar-refractivity contribution in [3.8, 4) is 22.6 Å². The molecule has 6 rings (SSSR count). The van der Waals surface area contributed by atoms with Gasteiger partial charge in [0, 0.05) is 54.1 Å². The molecule has 1 fully saturated rings. The van der Waals surface area contributed by atoms with Crippen LogP contribution in [-0.2, 0) is 25.0 Å². The van der Waals surface area contributed by atoms with E-state index in [-0.39, 0.29) is 24.8 Å². The van der Waals surface area contributed by atoms with Crippen LogP contribution in [0.1, 0.15) is 24.2 Å². The molecule has 3 heterocycles. The van der Waals surface area contributed by atoms with Crippen LogP contribution in [0, 0.1) is 0 Å². The highest BCUT2D eigenvalue weighted by atomic mass is 35.5. The van der Waals surface area contributed by atoms with Crippen LogP contribution in [0.3, 0.4) is 0 Å². The van der Waals surface area contributed by atoms with Crippen molar-refractivity contribution in [2.75, 3.05) is 11.4 Å². The summed E-state index contributed by atoms with van der Waals surface area (Å²) < 4.78 is 41.0. The number of ether oxygens (including phenoxy) is 2. The number of alkyl halides is 2. The summed E-state index contributed by atoms with van der Waals surface area (Å²) >= 11 is 6.25. The van der Waals surface area contributed by atoms with Crippen LogP contribution in [0.15, 0.2) is 73.1 Å². The standard InChI is InChI=1S/C30H26ClF2N5O3/c1-36-16-21(15-34-36)19-7-9-25-26(13-19)38(17-20-12-22(31)8-10-27(20)41-30(32)33)28(35-25)18-40-24-5-2-4-23(14-24)37-11-3-6-29(37)39/h2,4-5,7-10,12-16,30H,3,6,11,17-18H2,1H3. The van der Waals surface area contributed by atoms with Crippen molar-refractivity contribution in [2.45, 2.75) is 32.6 Å². The molecule has 0 aliphatic carbocycles. The number of anilines is 1. The van der Waals surface area contributed by atoms with Gasteiger partial charge in [0.15, 0.2) is 0 Å². The Kier molecular flexibility index (Phi) is 7.32. The maximum absolute atomic E-state index is 13.2. The lowest BCUT2D eigenvalue weighted by atomic mass is 10.1. The molecule has 0 unspecified atom stereocenters. The number of aryl methyl sites for hydroxylation is 1. The summed E-state index contributed by atoms with van der Waals surface area (Å²) in [5.41, 5.74) is 4.61. The summed E-state index contributed by atoms with van der Waals surface area (Å²) in [7, 11) is 1.85. The fraction of sp³-hybridized carbons (Fsp3) is 0.233. The Morgan fingerprint density at radius 1 is 1.07 bits per heavy atom. The molecule has 0 radical (unpaired) electrons. The SMILES string of the molecule is Cn1cc(-c2ccc3nc(COc4cccc(N5CCCC5=O)c4)n(Cc4cc(Cl)ccc4OC(F)F)c3c2)cn1. The van der Waals surface area contributed by atoms with Gasteiger partial charge in [-0.25, -0.2) is 4.98 Å². The smallest absolute Gasteiger partial charge is 0.387 e. The van der Waals surface area contributed by atoms with E-state index in [9.17, 15) is 13.6 Å². The predicted molar refractivity (Wildman–Crippen MR) is 151 cm³/mol. The highest BCUT2D eigenvalue weighted by Crippen LogP contribution is 2.31. The molecule has 0 spiro atoms. The van der Waals surface area contributed by atoms with Gasteiger partial charge in [0.05, 0.1) is 23.8 Å². The Bertz CT molecular complexity index is 1730. The van der Waals surface area contributed by atoms with Crippen LogP contribution in [-0.4, -0.2) is 38.4 Å². The number of aromatic nitrogens is 4. The molecular weight excluding hydrogens is 552 g/mol. The number of hydrogen-bond acceptors (Lipinski definition) is 5. The number of amides is 1. The van der Waals surface area contributed by atoms with Crippen LogP contribution in [0.25, 0.3) is 22.2 Å². The van der Waals surface area contributed by atoms with Crippen molar-refractivity contribution >= 4 is 34.2 Å². The van der Waals surface area contributed by atoms with Gasteiger partial charge in [-0.15, -0.1) is 0 Å². The minimum atomic E-state index is -2.98. The summed E-state index contributed by atoms with van der Waals surface area (Å²) in [6, 6.07) is 17.8. The number of hydrogen-bond donors (Lipinski definition) is 0. The second-order valence-electron chi connectivity index (χ2n) is 9.79. The van der Waals surface area contributed by atoms with E-state index in [4.69, 9.17) is 26.1 Å². The first-order valence-electron chi connectivity index (χ1n) is 13.1. The third-order valence-corrected chi connectivity index (χ3v) is 7.24. The molecule has 0 bridgehead atoms. The topological polar surface area (TPSA) is 74.4 Å². The minimum absolute atomic E-state index is 0.0320. The Balaban J connectivity index is 1.37. The van der Waals surface area contributed by atoms with E-state index in [1.54, 1.807) is 21.8 Å². The first-order chi connectivity index (χ1) is 19.8. The molecule has 2 aromatic heterocycles. The fourth-order valence-electron chi connectivity index (χ4n) is 5.07. The molecule has 1 aliphatic rings. The monoisotopic (exact) mass is 577 g/mol. The summed E-state index contributed by atoms with van der Waals surface area (Å²) in [6.45, 7) is -2.04. The van der Waals surface area contributed by atoms with Gasteiger partial charge < -0.3 is 18.9 Å². The maximum Gasteiger partial charge on any atom is 0.387 e. The van der Waals surface area contributed by atoms with Gasteiger partial charge >= 0.3 is 6.61 Å². The summed E-state index contributed by atoms with van der Waals surface area (Å²) in [5.74, 6) is 1.29. The molecule has 8 nitrogen and oxygen atoms in total. The lowest BCUT2D eigenvalue weighted by molar-refractivity contribution is -0.117. The van der Waals surface area contributed by atoms with Crippen molar-refractivity contribution in [1.82, 2.24) is 19.3 Å². The Morgan fingerprint density at radius 2 is 1.95 bits per heavy atom. The van der Waals surface area contributed by atoms with Crippen LogP contribution in [0.4, 0.5) is 14.5 Å². The molecule has 1 aliphatic heterocycles. The Morgan fingerprint density at radius 3 is 2.71 bits per heavy atom. The summed E-state index contributed by atoms with van der Waals surface area (Å²) in [5, 5.41) is 4.66. The largest absolute Gasteiger partial charge is 0.486 e. The molecule has 1 saturated heterocycles. The summed E-state index contributed by atoms with van der Waals surface area (Å²) in [4.78, 5) is 18.8. The normalized spacial score (nSPS) is 13.5. The average Bonchev–Trinajstić information content (AvgIpc) is 3.67. The van der Waals surface area contributed by atoms with Crippen LogP contribution < -0.4 is 14.4 Å². The number of fused-ring (bicyclic) bond motifs is 1. The Hall–Kier alpha value is -4.44. The number of nitrogens with zero attached hydrogens (tertiary/aromatic N) is 5. The van der Waals surface area contributed by atoms with Crippen molar-refractivity contribution in [2.24, 2.45) is 7.05 Å². The molecule has 3 aromatic carbocycles. The van der Waals surface area contributed by atoms with Crippen LogP contribution in [0.2, 0.25) is 5.02 Å². The number of carbonyl (C=O) groups excluding carboxylic acids is 1. The van der Waals surface area contributed by atoms with Crippen LogP contribution >= 0.6 is 11.6 Å². The number of rotatable bonds is 9. The van der Waals surface area contributed by atoms with Gasteiger partial charge in [0.2, 0.25) is 5.91 Å². The number of carbonyl (C=O) groups is 1. The van der Waals surface area contributed by atoms with Crippen LogP contribution in [0.5, 0.6) is 11.5 Å². The molecule has 41 heavy (non-hydrogen) atoms. The quantitative estimate of drug-likeness (QED) is 0.201. The first-order valence-corrected chi connectivity index (χ1v) is 13.5. The molecule has 5 aromatic rings. The van der Waals surface area contributed by atoms with Crippen molar-refractivity contribution in [1.29, 1.82) is 0 Å². The maximum atomic E-state index is 13.2. The first kappa shape index (κ1) is 26.8. The fourth-order valence-corrected chi connectivity index (χ4v) is 5.27. The van der Waals surface area contributed by atoms with Crippen molar-refractivity contribution in [3.05, 3.63) is 89.5 Å². The average molecular weight is 578 g/mol. The van der Waals surface area contributed by atoms with E-state index >= 15 is 0 Å². The van der Waals surface area contributed by atoms with Gasteiger partial charge in [-0.3, -0.25) is 9.48 Å². The number of halogens is 3. The second kappa shape index (κ2) is 11.2. The second-order valence-corrected chi connectivity index (χ2v) is 10.2. The molecule has 0 saturated carbocycles. The van der Waals surface area contributed by atoms with E-state index < -0.39 is 6.61 Å². The van der Waals surface area contributed by atoms with Gasteiger partial charge in [-0.1, -0.05) is 23.7 Å².